The summed E-state index contributed by atoms with van der Waals surface area (Å²) in [5.41, 5.74) is 7.73. The Bertz CT molecular complexity index is 611. The molecular weight excluding hydrogens is 220 g/mol. The molecule has 92 valence electrons. The lowest BCUT2D eigenvalue weighted by atomic mass is 9.90. The van der Waals surface area contributed by atoms with Gasteiger partial charge in [0.2, 0.25) is 0 Å². The molecule has 18 heavy (non-hydrogen) atoms. The summed E-state index contributed by atoms with van der Waals surface area (Å²) in [6.45, 7) is 4.13. The number of fused-ring (bicyclic) bond motifs is 1. The predicted octanol–water partition coefficient (Wildman–Crippen LogP) is 4.16. The van der Waals surface area contributed by atoms with E-state index >= 15 is 0 Å². The monoisotopic (exact) mass is 238 g/mol. The third-order valence-electron chi connectivity index (χ3n) is 4.06. The molecule has 2 aromatic carbocycles. The maximum absolute atomic E-state index is 9.93. The van der Waals surface area contributed by atoms with Crippen LogP contribution < -0.4 is 0 Å². The van der Waals surface area contributed by atoms with Crippen LogP contribution in [0.4, 0.5) is 0 Å². The average molecular weight is 238 g/mol. The van der Waals surface area contributed by atoms with Gasteiger partial charge >= 0.3 is 0 Å². The number of aryl methyl sites for hydroxylation is 2. The van der Waals surface area contributed by atoms with Gasteiger partial charge in [0.1, 0.15) is 5.75 Å². The Morgan fingerprint density at radius 3 is 2.67 bits per heavy atom. The highest BCUT2D eigenvalue weighted by atomic mass is 16.3. The van der Waals surface area contributed by atoms with E-state index in [0.29, 0.717) is 5.75 Å². The quantitative estimate of drug-likeness (QED) is 0.790. The molecule has 0 radical (unpaired) electrons. The summed E-state index contributed by atoms with van der Waals surface area (Å²) in [6.07, 6.45) is 3.61. The number of hydrogen-bond donors (Lipinski definition) is 1. The second kappa shape index (κ2) is 4.16. The fraction of sp³-hybridized carbons (Fsp3) is 0.294. The van der Waals surface area contributed by atoms with Gasteiger partial charge < -0.3 is 5.11 Å². The molecule has 0 fully saturated rings. The largest absolute Gasteiger partial charge is 0.508 e. The normalized spacial score (nSPS) is 13.7. The van der Waals surface area contributed by atoms with Crippen molar-refractivity contribution in [3.8, 4) is 16.9 Å². The first-order valence-electron chi connectivity index (χ1n) is 6.59. The van der Waals surface area contributed by atoms with E-state index in [9.17, 15) is 5.11 Å². The standard InChI is InChI=1S/C17H18O/c1-11-9-10-16(18)12(2)17(11)15-8-4-6-13-5-3-7-14(13)15/h4,6,8-10,18H,3,5,7H2,1-2H3. The van der Waals surface area contributed by atoms with E-state index in [1.54, 1.807) is 6.07 Å². The van der Waals surface area contributed by atoms with Crippen molar-refractivity contribution in [3.05, 3.63) is 52.6 Å². The Hall–Kier alpha value is -1.76. The van der Waals surface area contributed by atoms with Crippen LogP contribution in [0.25, 0.3) is 11.1 Å². The lowest BCUT2D eigenvalue weighted by Crippen LogP contribution is -1.94. The molecule has 3 rings (SSSR count). The first-order valence-corrected chi connectivity index (χ1v) is 6.59. The van der Waals surface area contributed by atoms with Crippen LogP contribution in [-0.2, 0) is 12.8 Å². The van der Waals surface area contributed by atoms with Crippen molar-refractivity contribution in [1.82, 2.24) is 0 Å². The van der Waals surface area contributed by atoms with Crippen LogP contribution in [0.1, 0.15) is 28.7 Å². The molecule has 2 aromatic rings. The smallest absolute Gasteiger partial charge is 0.119 e. The Morgan fingerprint density at radius 1 is 1.00 bits per heavy atom. The van der Waals surface area contributed by atoms with Crippen LogP contribution in [0.15, 0.2) is 30.3 Å². The maximum Gasteiger partial charge on any atom is 0.119 e. The summed E-state index contributed by atoms with van der Waals surface area (Å²) in [4.78, 5) is 0. The second-order valence-corrected chi connectivity index (χ2v) is 5.20. The number of hydrogen-bond acceptors (Lipinski definition) is 1. The Labute approximate surface area is 108 Å². The van der Waals surface area contributed by atoms with Gasteiger partial charge in [-0.15, -0.1) is 0 Å². The molecule has 0 saturated heterocycles. The van der Waals surface area contributed by atoms with Gasteiger partial charge in [-0.3, -0.25) is 0 Å². The summed E-state index contributed by atoms with van der Waals surface area (Å²) < 4.78 is 0. The highest BCUT2D eigenvalue weighted by Gasteiger charge is 2.18. The molecule has 0 spiro atoms. The molecule has 0 atom stereocenters. The molecule has 0 aliphatic heterocycles. The molecule has 0 bridgehead atoms. The molecule has 1 N–H and O–H groups in total. The number of rotatable bonds is 1. The van der Waals surface area contributed by atoms with Gasteiger partial charge in [-0.1, -0.05) is 24.3 Å². The average Bonchev–Trinajstić information content (AvgIpc) is 2.83. The third-order valence-corrected chi connectivity index (χ3v) is 4.06. The van der Waals surface area contributed by atoms with Crippen molar-refractivity contribution in [1.29, 1.82) is 0 Å². The van der Waals surface area contributed by atoms with Crippen LogP contribution in [-0.4, -0.2) is 5.11 Å². The second-order valence-electron chi connectivity index (χ2n) is 5.20. The minimum Gasteiger partial charge on any atom is -0.508 e. The van der Waals surface area contributed by atoms with Gasteiger partial charge in [0.15, 0.2) is 0 Å². The number of phenolic OH excluding ortho intramolecular Hbond substituents is 1. The van der Waals surface area contributed by atoms with Crippen molar-refractivity contribution in [2.45, 2.75) is 33.1 Å². The highest BCUT2D eigenvalue weighted by Crippen LogP contribution is 2.38. The van der Waals surface area contributed by atoms with E-state index in [4.69, 9.17) is 0 Å². The zero-order valence-electron chi connectivity index (χ0n) is 11.0. The minimum atomic E-state index is 0.395. The van der Waals surface area contributed by atoms with Gasteiger partial charge in [0, 0.05) is 0 Å². The van der Waals surface area contributed by atoms with Gasteiger partial charge in [-0.2, -0.15) is 0 Å². The molecule has 0 heterocycles. The van der Waals surface area contributed by atoms with E-state index < -0.39 is 0 Å². The fourth-order valence-electron chi connectivity index (χ4n) is 3.10. The maximum atomic E-state index is 9.93. The summed E-state index contributed by atoms with van der Waals surface area (Å²) in [5, 5.41) is 9.93. The zero-order chi connectivity index (χ0) is 12.7. The zero-order valence-corrected chi connectivity index (χ0v) is 11.0. The Balaban J connectivity index is 2.28. The Kier molecular flexibility index (Phi) is 2.62. The van der Waals surface area contributed by atoms with Crippen molar-refractivity contribution in [3.63, 3.8) is 0 Å². The minimum absolute atomic E-state index is 0.395. The van der Waals surface area contributed by atoms with Gasteiger partial charge in [-0.05, 0) is 72.6 Å². The number of phenols is 1. The van der Waals surface area contributed by atoms with Gasteiger partial charge in [0.05, 0.1) is 0 Å². The Morgan fingerprint density at radius 2 is 1.83 bits per heavy atom. The van der Waals surface area contributed by atoms with Crippen LogP contribution in [0.5, 0.6) is 5.75 Å². The molecule has 1 heteroatoms. The summed E-state index contributed by atoms with van der Waals surface area (Å²) in [6, 6.07) is 10.4. The van der Waals surface area contributed by atoms with Crippen molar-refractivity contribution < 1.29 is 5.11 Å². The summed E-state index contributed by atoms with van der Waals surface area (Å²) >= 11 is 0. The van der Waals surface area contributed by atoms with Crippen LogP contribution in [0.2, 0.25) is 0 Å². The van der Waals surface area contributed by atoms with Crippen LogP contribution in [0, 0.1) is 13.8 Å². The SMILES string of the molecule is Cc1ccc(O)c(C)c1-c1cccc2c1CCC2. The molecule has 0 saturated carbocycles. The topological polar surface area (TPSA) is 20.2 Å². The molecule has 1 nitrogen and oxygen atoms in total. The van der Waals surface area contributed by atoms with E-state index in [1.165, 1.54) is 47.1 Å². The lowest BCUT2D eigenvalue weighted by molar-refractivity contribution is 0.471. The van der Waals surface area contributed by atoms with Crippen molar-refractivity contribution in [2.75, 3.05) is 0 Å². The molecule has 0 aromatic heterocycles. The summed E-state index contributed by atoms with van der Waals surface area (Å²) in [7, 11) is 0. The van der Waals surface area contributed by atoms with E-state index in [0.717, 1.165) is 5.56 Å². The van der Waals surface area contributed by atoms with E-state index in [-0.39, 0.29) is 0 Å². The van der Waals surface area contributed by atoms with Gasteiger partial charge in [0.25, 0.3) is 0 Å². The van der Waals surface area contributed by atoms with Gasteiger partial charge in [-0.25, -0.2) is 0 Å². The molecule has 0 unspecified atom stereocenters. The summed E-state index contributed by atoms with van der Waals surface area (Å²) in [5.74, 6) is 0.395. The van der Waals surface area contributed by atoms with E-state index in [2.05, 4.69) is 25.1 Å². The van der Waals surface area contributed by atoms with Crippen LogP contribution >= 0.6 is 0 Å². The van der Waals surface area contributed by atoms with Crippen molar-refractivity contribution >= 4 is 0 Å². The lowest BCUT2D eigenvalue weighted by Gasteiger charge is -2.15. The third kappa shape index (κ3) is 1.62. The predicted molar refractivity (Wildman–Crippen MR) is 75.0 cm³/mol. The molecule has 0 amide bonds. The first kappa shape index (κ1) is 11.3. The fourth-order valence-corrected chi connectivity index (χ4v) is 3.10. The molecule has 1 aliphatic carbocycles. The molecular formula is C17H18O. The number of benzene rings is 2. The van der Waals surface area contributed by atoms with Crippen molar-refractivity contribution in [2.24, 2.45) is 0 Å². The van der Waals surface area contributed by atoms with E-state index in [1.807, 2.05) is 13.0 Å². The highest BCUT2D eigenvalue weighted by molar-refractivity contribution is 5.77. The van der Waals surface area contributed by atoms with Crippen LogP contribution in [0.3, 0.4) is 0 Å². The first-order chi connectivity index (χ1) is 8.68. The number of aromatic hydroxyl groups is 1. The molecule has 1 aliphatic rings.